The van der Waals surface area contributed by atoms with Crippen LogP contribution >= 0.6 is 11.6 Å². The standard InChI is InChI=1S/C13H20ClNO/c1-3-15-13(10-16-2)9-6-11-4-7-12(14)8-5-11/h4-5,7-8,13,15H,3,6,9-10H2,1-2H3. The van der Waals surface area contributed by atoms with Gasteiger partial charge in [0, 0.05) is 18.2 Å². The van der Waals surface area contributed by atoms with Crippen LogP contribution in [0, 0.1) is 0 Å². The Morgan fingerprint density at radius 1 is 1.31 bits per heavy atom. The zero-order valence-electron chi connectivity index (χ0n) is 10.0. The van der Waals surface area contributed by atoms with Gasteiger partial charge in [-0.1, -0.05) is 30.7 Å². The summed E-state index contributed by atoms with van der Waals surface area (Å²) in [6, 6.07) is 8.48. The molecule has 1 unspecified atom stereocenters. The van der Waals surface area contributed by atoms with Crippen LogP contribution in [0.5, 0.6) is 0 Å². The maximum Gasteiger partial charge on any atom is 0.0615 e. The third-order valence-corrected chi connectivity index (χ3v) is 2.81. The highest BCUT2D eigenvalue weighted by Gasteiger charge is 2.06. The highest BCUT2D eigenvalue weighted by Crippen LogP contribution is 2.11. The number of hydrogen-bond acceptors (Lipinski definition) is 2. The average molecular weight is 242 g/mol. The molecule has 16 heavy (non-hydrogen) atoms. The molecule has 0 aromatic heterocycles. The fourth-order valence-electron chi connectivity index (χ4n) is 1.73. The molecule has 0 heterocycles. The Morgan fingerprint density at radius 2 is 2.00 bits per heavy atom. The van der Waals surface area contributed by atoms with E-state index in [0.29, 0.717) is 6.04 Å². The van der Waals surface area contributed by atoms with Crippen LogP contribution in [0.4, 0.5) is 0 Å². The summed E-state index contributed by atoms with van der Waals surface area (Å²) >= 11 is 5.84. The molecule has 0 aliphatic carbocycles. The smallest absolute Gasteiger partial charge is 0.0615 e. The summed E-state index contributed by atoms with van der Waals surface area (Å²) in [6.07, 6.45) is 2.14. The number of benzene rings is 1. The number of ether oxygens (including phenoxy) is 1. The van der Waals surface area contributed by atoms with Gasteiger partial charge in [0.15, 0.2) is 0 Å². The van der Waals surface area contributed by atoms with Crippen molar-refractivity contribution < 1.29 is 4.74 Å². The Morgan fingerprint density at radius 3 is 2.56 bits per heavy atom. The molecule has 90 valence electrons. The van der Waals surface area contributed by atoms with Crippen molar-refractivity contribution in [3.63, 3.8) is 0 Å². The predicted molar refractivity (Wildman–Crippen MR) is 69.1 cm³/mol. The molecule has 0 aliphatic heterocycles. The third-order valence-electron chi connectivity index (χ3n) is 2.56. The van der Waals surface area contributed by atoms with Gasteiger partial charge >= 0.3 is 0 Å². The van der Waals surface area contributed by atoms with Crippen LogP contribution in [-0.4, -0.2) is 26.3 Å². The predicted octanol–water partition coefficient (Wildman–Crippen LogP) is 2.90. The second-order valence-electron chi connectivity index (χ2n) is 3.88. The summed E-state index contributed by atoms with van der Waals surface area (Å²) in [7, 11) is 1.74. The van der Waals surface area contributed by atoms with E-state index in [1.165, 1.54) is 5.56 Å². The molecule has 0 aliphatic rings. The molecule has 0 amide bonds. The minimum absolute atomic E-state index is 0.436. The normalized spacial score (nSPS) is 12.7. The van der Waals surface area contributed by atoms with Gasteiger partial charge in [0.25, 0.3) is 0 Å². The van der Waals surface area contributed by atoms with Crippen LogP contribution in [0.2, 0.25) is 5.02 Å². The van der Waals surface area contributed by atoms with Gasteiger partial charge in [0.2, 0.25) is 0 Å². The number of methoxy groups -OCH3 is 1. The van der Waals surface area contributed by atoms with Crippen LogP contribution < -0.4 is 5.32 Å². The second-order valence-corrected chi connectivity index (χ2v) is 4.31. The summed E-state index contributed by atoms with van der Waals surface area (Å²) in [5.74, 6) is 0. The first kappa shape index (κ1) is 13.5. The highest BCUT2D eigenvalue weighted by molar-refractivity contribution is 6.30. The van der Waals surface area contributed by atoms with Gasteiger partial charge in [-0.3, -0.25) is 0 Å². The van der Waals surface area contributed by atoms with Gasteiger partial charge in [-0.15, -0.1) is 0 Å². The van der Waals surface area contributed by atoms with Crippen LogP contribution in [-0.2, 0) is 11.2 Å². The fourth-order valence-corrected chi connectivity index (χ4v) is 1.85. The maximum absolute atomic E-state index is 5.84. The van der Waals surface area contributed by atoms with Crippen molar-refractivity contribution >= 4 is 11.6 Å². The Balaban J connectivity index is 2.38. The third kappa shape index (κ3) is 4.97. The molecule has 0 bridgehead atoms. The molecule has 1 rings (SSSR count). The van der Waals surface area contributed by atoms with Gasteiger partial charge in [0.1, 0.15) is 0 Å². The molecule has 0 fully saturated rings. The quantitative estimate of drug-likeness (QED) is 0.793. The summed E-state index contributed by atoms with van der Waals surface area (Å²) in [4.78, 5) is 0. The van der Waals surface area contributed by atoms with Crippen molar-refractivity contribution in [2.75, 3.05) is 20.3 Å². The topological polar surface area (TPSA) is 21.3 Å². The summed E-state index contributed by atoms with van der Waals surface area (Å²) < 4.78 is 5.18. The minimum atomic E-state index is 0.436. The minimum Gasteiger partial charge on any atom is -0.383 e. The molecule has 1 N–H and O–H groups in total. The van der Waals surface area contributed by atoms with Crippen molar-refractivity contribution in [3.05, 3.63) is 34.9 Å². The highest BCUT2D eigenvalue weighted by atomic mass is 35.5. The largest absolute Gasteiger partial charge is 0.383 e. The first-order chi connectivity index (χ1) is 7.76. The van der Waals surface area contributed by atoms with Gasteiger partial charge in [0.05, 0.1) is 6.61 Å². The van der Waals surface area contributed by atoms with E-state index >= 15 is 0 Å². The molecule has 1 aromatic rings. The summed E-state index contributed by atoms with van der Waals surface area (Å²) in [6.45, 7) is 3.86. The molecule has 1 aromatic carbocycles. The first-order valence-corrected chi connectivity index (χ1v) is 6.10. The second kappa shape index (κ2) is 7.66. The zero-order chi connectivity index (χ0) is 11.8. The lowest BCUT2D eigenvalue weighted by Crippen LogP contribution is -2.33. The fraction of sp³-hybridized carbons (Fsp3) is 0.538. The molecule has 0 saturated heterocycles. The Hall–Kier alpha value is -0.570. The number of hydrogen-bond donors (Lipinski definition) is 1. The maximum atomic E-state index is 5.84. The van der Waals surface area contributed by atoms with E-state index in [1.54, 1.807) is 7.11 Å². The number of nitrogens with one attached hydrogen (secondary N) is 1. The Kier molecular flexibility index (Phi) is 6.46. The monoisotopic (exact) mass is 241 g/mol. The van der Waals surface area contributed by atoms with E-state index in [0.717, 1.165) is 31.0 Å². The van der Waals surface area contributed by atoms with Gasteiger partial charge in [-0.05, 0) is 37.1 Å². The van der Waals surface area contributed by atoms with Crippen LogP contribution in [0.25, 0.3) is 0 Å². The molecular weight excluding hydrogens is 222 g/mol. The van der Waals surface area contributed by atoms with E-state index in [4.69, 9.17) is 16.3 Å². The molecule has 0 spiro atoms. The lowest BCUT2D eigenvalue weighted by molar-refractivity contribution is 0.163. The lowest BCUT2D eigenvalue weighted by atomic mass is 10.1. The van der Waals surface area contributed by atoms with Crippen molar-refractivity contribution in [2.24, 2.45) is 0 Å². The summed E-state index contributed by atoms with van der Waals surface area (Å²) in [5, 5.41) is 4.21. The molecule has 3 heteroatoms. The van der Waals surface area contributed by atoms with Gasteiger partial charge in [-0.2, -0.15) is 0 Å². The van der Waals surface area contributed by atoms with E-state index in [2.05, 4.69) is 24.4 Å². The average Bonchev–Trinajstić information content (AvgIpc) is 2.29. The molecule has 0 saturated carbocycles. The van der Waals surface area contributed by atoms with Crippen LogP contribution in [0.3, 0.4) is 0 Å². The van der Waals surface area contributed by atoms with E-state index in [-0.39, 0.29) is 0 Å². The molecule has 0 radical (unpaired) electrons. The molecule has 2 nitrogen and oxygen atoms in total. The number of rotatable bonds is 7. The van der Waals surface area contributed by atoms with Crippen molar-refractivity contribution in [3.8, 4) is 0 Å². The Labute approximate surface area is 103 Å². The van der Waals surface area contributed by atoms with E-state index in [9.17, 15) is 0 Å². The van der Waals surface area contributed by atoms with E-state index in [1.807, 2.05) is 12.1 Å². The zero-order valence-corrected chi connectivity index (χ0v) is 10.8. The molecular formula is C13H20ClNO. The van der Waals surface area contributed by atoms with Crippen molar-refractivity contribution in [1.29, 1.82) is 0 Å². The van der Waals surface area contributed by atoms with Crippen molar-refractivity contribution in [1.82, 2.24) is 5.32 Å². The summed E-state index contributed by atoms with van der Waals surface area (Å²) in [5.41, 5.74) is 1.32. The Bertz CT molecular complexity index is 280. The van der Waals surface area contributed by atoms with Gasteiger partial charge < -0.3 is 10.1 Å². The van der Waals surface area contributed by atoms with Crippen LogP contribution in [0.15, 0.2) is 24.3 Å². The SMILES string of the molecule is CCNC(CCc1ccc(Cl)cc1)COC. The van der Waals surface area contributed by atoms with E-state index < -0.39 is 0 Å². The van der Waals surface area contributed by atoms with Crippen molar-refractivity contribution in [2.45, 2.75) is 25.8 Å². The number of aryl methyl sites for hydroxylation is 1. The molecule has 1 atom stereocenters. The lowest BCUT2D eigenvalue weighted by Gasteiger charge is -2.16. The van der Waals surface area contributed by atoms with Gasteiger partial charge in [-0.25, -0.2) is 0 Å². The van der Waals surface area contributed by atoms with Crippen LogP contribution in [0.1, 0.15) is 18.9 Å². The number of halogens is 1. The number of likely N-dealkylation sites (N-methyl/N-ethyl adjacent to an activating group) is 1. The first-order valence-electron chi connectivity index (χ1n) is 5.73.